The maximum atomic E-state index is 12.2. The molecule has 1 amide bonds. The van der Waals surface area contributed by atoms with Crippen LogP contribution >= 0.6 is 23.4 Å². The Bertz CT molecular complexity index is 1170. The summed E-state index contributed by atoms with van der Waals surface area (Å²) in [5.74, 6) is 0.177. The zero-order valence-corrected chi connectivity index (χ0v) is 16.9. The lowest BCUT2D eigenvalue weighted by Crippen LogP contribution is -2.09. The van der Waals surface area contributed by atoms with Crippen LogP contribution in [-0.2, 0) is 10.5 Å². The number of anilines is 1. The third kappa shape index (κ3) is 5.26. The largest absolute Gasteiger partial charge is 0.306 e. The highest BCUT2D eigenvalue weighted by Gasteiger charge is 2.15. The van der Waals surface area contributed by atoms with Crippen LogP contribution in [0.5, 0.6) is 0 Å². The number of halogens is 1. The molecule has 30 heavy (non-hydrogen) atoms. The van der Waals surface area contributed by atoms with E-state index >= 15 is 0 Å². The minimum atomic E-state index is -0.511. The summed E-state index contributed by atoms with van der Waals surface area (Å²) >= 11 is 7.46. The summed E-state index contributed by atoms with van der Waals surface area (Å²) in [6.45, 7) is 0. The maximum Gasteiger partial charge on any atom is 0.270 e. The van der Waals surface area contributed by atoms with Gasteiger partial charge in [-0.05, 0) is 23.3 Å². The fourth-order valence-corrected chi connectivity index (χ4v) is 3.69. The third-order valence-electron chi connectivity index (χ3n) is 3.92. The van der Waals surface area contributed by atoms with Gasteiger partial charge in [-0.2, -0.15) is 10.4 Å². The Hall–Kier alpha value is -3.61. The molecule has 1 aromatic heterocycles. The highest BCUT2D eigenvalue weighted by molar-refractivity contribution is 7.98. The van der Waals surface area contributed by atoms with Gasteiger partial charge in [-0.1, -0.05) is 53.7 Å². The zero-order chi connectivity index (χ0) is 21.5. The lowest BCUT2D eigenvalue weighted by atomic mass is 10.2. The number of aromatic amines is 1. The van der Waals surface area contributed by atoms with Gasteiger partial charge in [-0.25, -0.2) is 0 Å². The minimum Gasteiger partial charge on any atom is -0.306 e. The molecule has 0 aliphatic heterocycles. The normalized spacial score (nSPS) is 10.7. The summed E-state index contributed by atoms with van der Waals surface area (Å²) in [5.41, 5.74) is 1.55. The first-order chi connectivity index (χ1) is 14.5. The van der Waals surface area contributed by atoms with Gasteiger partial charge in [0.25, 0.3) is 5.69 Å². The van der Waals surface area contributed by atoms with E-state index < -0.39 is 10.8 Å². The molecule has 0 atom stereocenters. The minimum absolute atomic E-state index is 0.0712. The van der Waals surface area contributed by atoms with Crippen LogP contribution < -0.4 is 5.32 Å². The van der Waals surface area contributed by atoms with Gasteiger partial charge in [-0.15, -0.1) is 0 Å². The second-order valence-electron chi connectivity index (χ2n) is 5.95. The first-order valence-corrected chi connectivity index (χ1v) is 9.92. The summed E-state index contributed by atoms with van der Waals surface area (Å²) in [5, 5.41) is 30.6. The molecule has 0 spiro atoms. The van der Waals surface area contributed by atoms with Gasteiger partial charge in [0.2, 0.25) is 5.91 Å². The number of hydrogen-bond donors (Lipinski definition) is 2. The number of aromatic nitrogens is 2. The first kappa shape index (κ1) is 21.1. The van der Waals surface area contributed by atoms with Crippen molar-refractivity contribution in [3.8, 4) is 6.07 Å². The Morgan fingerprint density at radius 1 is 1.33 bits per heavy atom. The third-order valence-corrected chi connectivity index (χ3v) is 5.32. The van der Waals surface area contributed by atoms with E-state index in [1.165, 1.54) is 42.1 Å². The second kappa shape index (κ2) is 9.73. The van der Waals surface area contributed by atoms with Crippen molar-refractivity contribution in [1.82, 2.24) is 10.2 Å². The average molecular weight is 440 g/mol. The predicted octanol–water partition coefficient (Wildman–Crippen LogP) is 4.79. The van der Waals surface area contributed by atoms with Crippen molar-refractivity contribution in [2.75, 3.05) is 5.32 Å². The molecule has 0 bridgehead atoms. The summed E-state index contributed by atoms with van der Waals surface area (Å²) < 4.78 is 0. The zero-order valence-electron chi connectivity index (χ0n) is 15.3. The Balaban J connectivity index is 1.67. The van der Waals surface area contributed by atoms with Gasteiger partial charge in [0.05, 0.1) is 4.92 Å². The Morgan fingerprint density at radius 3 is 2.87 bits per heavy atom. The first-order valence-electron chi connectivity index (χ1n) is 8.56. The van der Waals surface area contributed by atoms with Crippen molar-refractivity contribution in [3.05, 3.63) is 86.4 Å². The molecule has 0 aliphatic carbocycles. The van der Waals surface area contributed by atoms with E-state index in [1.807, 2.05) is 24.3 Å². The molecule has 10 heteroatoms. The molecule has 150 valence electrons. The van der Waals surface area contributed by atoms with Crippen LogP contribution in [0.2, 0.25) is 5.02 Å². The van der Waals surface area contributed by atoms with Crippen molar-refractivity contribution in [2.24, 2.45) is 0 Å². The number of carbonyl (C=O) groups excluding carboxylic acids is 1. The number of carbonyl (C=O) groups is 1. The number of nitro benzene ring substituents is 1. The fraction of sp³-hybridized carbons (Fsp3) is 0.0500. The van der Waals surface area contributed by atoms with Crippen molar-refractivity contribution in [1.29, 1.82) is 5.26 Å². The van der Waals surface area contributed by atoms with Gasteiger partial charge >= 0.3 is 0 Å². The van der Waals surface area contributed by atoms with Crippen molar-refractivity contribution >= 4 is 46.9 Å². The molecule has 8 nitrogen and oxygen atoms in total. The number of benzene rings is 2. The van der Waals surface area contributed by atoms with Crippen LogP contribution in [-0.4, -0.2) is 21.0 Å². The van der Waals surface area contributed by atoms with Gasteiger partial charge in [0, 0.05) is 29.0 Å². The number of rotatable bonds is 7. The number of nitrogens with zero attached hydrogens (tertiary/aromatic N) is 3. The summed E-state index contributed by atoms with van der Waals surface area (Å²) in [7, 11) is 0. The van der Waals surface area contributed by atoms with Crippen LogP contribution in [0.1, 0.15) is 16.7 Å². The fourth-order valence-electron chi connectivity index (χ4n) is 2.46. The SMILES string of the molecule is N#Cc1c(SCc2ccccc2Cl)n[nH]c1NC(=O)/C=C/c1cccc([N+](=O)[O-])c1. The molecule has 2 aromatic carbocycles. The lowest BCUT2D eigenvalue weighted by Gasteiger charge is -2.02. The number of non-ortho nitro benzene ring substituents is 1. The molecule has 0 saturated heterocycles. The van der Waals surface area contributed by atoms with Crippen molar-refractivity contribution in [3.63, 3.8) is 0 Å². The summed E-state index contributed by atoms with van der Waals surface area (Å²) in [4.78, 5) is 22.5. The molecule has 3 rings (SSSR count). The molecule has 0 radical (unpaired) electrons. The van der Waals surface area contributed by atoms with E-state index in [2.05, 4.69) is 15.5 Å². The van der Waals surface area contributed by atoms with Crippen molar-refractivity contribution in [2.45, 2.75) is 10.8 Å². The number of nitriles is 1. The Morgan fingerprint density at radius 2 is 2.13 bits per heavy atom. The molecule has 0 fully saturated rings. The van der Waals surface area contributed by atoms with Crippen LogP contribution in [0.15, 0.2) is 59.6 Å². The maximum absolute atomic E-state index is 12.2. The van der Waals surface area contributed by atoms with Crippen LogP contribution in [0, 0.1) is 21.4 Å². The van der Waals surface area contributed by atoms with Crippen LogP contribution in [0.4, 0.5) is 11.5 Å². The molecular formula is C20H14ClN5O3S. The molecule has 3 aromatic rings. The van der Waals surface area contributed by atoms with Gasteiger partial charge < -0.3 is 5.32 Å². The van der Waals surface area contributed by atoms with Gasteiger partial charge in [0.1, 0.15) is 22.5 Å². The van der Waals surface area contributed by atoms with Crippen LogP contribution in [0.25, 0.3) is 6.08 Å². The smallest absolute Gasteiger partial charge is 0.270 e. The van der Waals surface area contributed by atoms with E-state index in [9.17, 15) is 20.2 Å². The highest BCUT2D eigenvalue weighted by atomic mass is 35.5. The molecule has 0 unspecified atom stereocenters. The lowest BCUT2D eigenvalue weighted by molar-refractivity contribution is -0.384. The number of amides is 1. The number of hydrogen-bond acceptors (Lipinski definition) is 6. The monoisotopic (exact) mass is 439 g/mol. The van der Waals surface area contributed by atoms with Crippen molar-refractivity contribution < 1.29 is 9.72 Å². The second-order valence-corrected chi connectivity index (χ2v) is 7.32. The predicted molar refractivity (Wildman–Crippen MR) is 115 cm³/mol. The van der Waals surface area contributed by atoms with E-state index in [4.69, 9.17) is 11.6 Å². The number of H-pyrrole nitrogens is 1. The molecule has 2 N–H and O–H groups in total. The standard InChI is InChI=1S/C20H14ClN5O3S/c21-17-7-2-1-5-14(17)12-30-20-16(11-22)19(24-25-20)23-18(27)9-8-13-4-3-6-15(10-13)26(28)29/h1-10H,12H2,(H2,23,24,25,27)/b9-8+. The topological polar surface area (TPSA) is 125 Å². The number of thioether (sulfide) groups is 1. The van der Waals surface area contributed by atoms with E-state index in [0.717, 1.165) is 5.56 Å². The Kier molecular flexibility index (Phi) is 6.85. The van der Waals surface area contributed by atoms with Gasteiger partial charge in [0.15, 0.2) is 0 Å². The Labute approximate surface area is 180 Å². The summed E-state index contributed by atoms with van der Waals surface area (Å²) in [6, 6.07) is 15.3. The van der Waals surface area contributed by atoms with Gasteiger partial charge in [-0.3, -0.25) is 20.0 Å². The average Bonchev–Trinajstić information content (AvgIpc) is 3.13. The quantitative estimate of drug-likeness (QED) is 0.236. The molecular weight excluding hydrogens is 426 g/mol. The van der Waals surface area contributed by atoms with Crippen LogP contribution in [0.3, 0.4) is 0 Å². The highest BCUT2D eigenvalue weighted by Crippen LogP contribution is 2.30. The molecule has 0 aliphatic rings. The summed E-state index contributed by atoms with van der Waals surface area (Å²) in [6.07, 6.45) is 2.66. The van der Waals surface area contributed by atoms with E-state index in [0.29, 0.717) is 21.4 Å². The molecule has 0 saturated carbocycles. The van der Waals surface area contributed by atoms with E-state index in [1.54, 1.807) is 12.1 Å². The molecule has 1 heterocycles. The number of nitrogens with one attached hydrogen (secondary N) is 2. The number of nitro groups is 1. The van der Waals surface area contributed by atoms with E-state index in [-0.39, 0.29) is 17.1 Å².